The summed E-state index contributed by atoms with van der Waals surface area (Å²) >= 11 is 0. The zero-order valence-electron chi connectivity index (χ0n) is 11.8. The van der Waals surface area contributed by atoms with Gasteiger partial charge in [-0.1, -0.05) is 30.3 Å². The van der Waals surface area contributed by atoms with E-state index in [9.17, 15) is 0 Å². The van der Waals surface area contributed by atoms with Crippen LogP contribution in [-0.2, 0) is 9.47 Å². The SMILES string of the molecule is COCC(NCC1CN(C)CCO1)c1ccccc1. The highest BCUT2D eigenvalue weighted by Gasteiger charge is 2.19. The largest absolute Gasteiger partial charge is 0.383 e. The molecule has 4 nitrogen and oxygen atoms in total. The molecule has 1 aliphatic rings. The quantitative estimate of drug-likeness (QED) is 0.839. The van der Waals surface area contributed by atoms with Crippen LogP contribution in [0.25, 0.3) is 0 Å². The molecule has 1 heterocycles. The Labute approximate surface area is 115 Å². The van der Waals surface area contributed by atoms with Crippen LogP contribution in [0.3, 0.4) is 0 Å². The van der Waals surface area contributed by atoms with Gasteiger partial charge < -0.3 is 19.7 Å². The molecule has 2 unspecified atom stereocenters. The Balaban J connectivity index is 1.86. The van der Waals surface area contributed by atoms with Gasteiger partial charge in [-0.2, -0.15) is 0 Å². The van der Waals surface area contributed by atoms with Crippen LogP contribution in [-0.4, -0.2) is 58.0 Å². The molecule has 0 aromatic heterocycles. The fourth-order valence-electron chi connectivity index (χ4n) is 2.39. The maximum Gasteiger partial charge on any atom is 0.0826 e. The minimum Gasteiger partial charge on any atom is -0.383 e. The Morgan fingerprint density at radius 2 is 2.21 bits per heavy atom. The van der Waals surface area contributed by atoms with Crippen LogP contribution in [0.2, 0.25) is 0 Å². The number of nitrogens with one attached hydrogen (secondary N) is 1. The van der Waals surface area contributed by atoms with Crippen molar-refractivity contribution in [2.45, 2.75) is 12.1 Å². The van der Waals surface area contributed by atoms with Crippen molar-refractivity contribution in [3.05, 3.63) is 35.9 Å². The first-order valence-electron chi connectivity index (χ1n) is 6.87. The molecule has 0 spiro atoms. The lowest BCUT2D eigenvalue weighted by Gasteiger charge is -2.31. The van der Waals surface area contributed by atoms with Crippen LogP contribution in [0.1, 0.15) is 11.6 Å². The zero-order valence-corrected chi connectivity index (χ0v) is 11.8. The molecule has 0 bridgehead atoms. The normalized spacial score (nSPS) is 22.3. The highest BCUT2D eigenvalue weighted by molar-refractivity contribution is 5.18. The van der Waals surface area contributed by atoms with Gasteiger partial charge in [-0.25, -0.2) is 0 Å². The number of likely N-dealkylation sites (N-methyl/N-ethyl adjacent to an activating group) is 1. The van der Waals surface area contributed by atoms with Gasteiger partial charge in [0.15, 0.2) is 0 Å². The number of rotatable bonds is 6. The van der Waals surface area contributed by atoms with E-state index in [1.165, 1.54) is 5.56 Å². The number of hydrogen-bond donors (Lipinski definition) is 1. The number of benzene rings is 1. The van der Waals surface area contributed by atoms with Crippen LogP contribution in [0.15, 0.2) is 30.3 Å². The molecule has 1 aliphatic heterocycles. The number of morpholine rings is 1. The Hall–Kier alpha value is -0.940. The number of hydrogen-bond acceptors (Lipinski definition) is 4. The number of ether oxygens (including phenoxy) is 2. The van der Waals surface area contributed by atoms with E-state index in [0.29, 0.717) is 6.61 Å². The highest BCUT2D eigenvalue weighted by atomic mass is 16.5. The van der Waals surface area contributed by atoms with Gasteiger partial charge in [0.1, 0.15) is 0 Å². The van der Waals surface area contributed by atoms with Crippen molar-refractivity contribution in [1.82, 2.24) is 10.2 Å². The molecule has 1 aromatic rings. The Kier molecular flexibility index (Phi) is 5.79. The molecule has 0 aliphatic carbocycles. The highest BCUT2D eigenvalue weighted by Crippen LogP contribution is 2.13. The maximum absolute atomic E-state index is 5.77. The van der Waals surface area contributed by atoms with Crippen molar-refractivity contribution in [3.63, 3.8) is 0 Å². The maximum atomic E-state index is 5.77. The smallest absolute Gasteiger partial charge is 0.0826 e. The second kappa shape index (κ2) is 7.60. The van der Waals surface area contributed by atoms with Crippen LogP contribution in [0, 0.1) is 0 Å². The summed E-state index contributed by atoms with van der Waals surface area (Å²) in [7, 11) is 3.88. The predicted octanol–water partition coefficient (Wildman–Crippen LogP) is 1.29. The molecule has 19 heavy (non-hydrogen) atoms. The summed E-state index contributed by atoms with van der Waals surface area (Å²) in [6.07, 6.45) is 0.266. The van der Waals surface area contributed by atoms with Crippen LogP contribution >= 0.6 is 0 Å². The van der Waals surface area contributed by atoms with Gasteiger partial charge in [0.05, 0.1) is 25.4 Å². The molecule has 2 rings (SSSR count). The van der Waals surface area contributed by atoms with E-state index >= 15 is 0 Å². The van der Waals surface area contributed by atoms with Gasteiger partial charge in [-0.3, -0.25) is 0 Å². The molecule has 0 saturated carbocycles. The lowest BCUT2D eigenvalue weighted by atomic mass is 10.1. The van der Waals surface area contributed by atoms with Crippen molar-refractivity contribution in [2.24, 2.45) is 0 Å². The predicted molar refractivity (Wildman–Crippen MR) is 76.3 cm³/mol. The average molecular weight is 264 g/mol. The number of methoxy groups -OCH3 is 1. The Bertz CT molecular complexity index is 358. The fourth-order valence-corrected chi connectivity index (χ4v) is 2.39. The molecule has 2 atom stereocenters. The molecule has 1 saturated heterocycles. The van der Waals surface area contributed by atoms with Crippen LogP contribution < -0.4 is 5.32 Å². The molecule has 1 aromatic carbocycles. The lowest BCUT2D eigenvalue weighted by molar-refractivity contribution is -0.0204. The summed E-state index contributed by atoms with van der Waals surface area (Å²) in [6, 6.07) is 10.6. The minimum atomic E-state index is 0.224. The lowest BCUT2D eigenvalue weighted by Crippen LogP contribution is -2.45. The summed E-state index contributed by atoms with van der Waals surface area (Å²) < 4.78 is 11.1. The second-order valence-electron chi connectivity index (χ2n) is 5.08. The average Bonchev–Trinajstić information content (AvgIpc) is 2.44. The molecule has 0 amide bonds. The third-order valence-corrected chi connectivity index (χ3v) is 3.47. The van der Waals surface area contributed by atoms with Crippen molar-refractivity contribution in [1.29, 1.82) is 0 Å². The van der Waals surface area contributed by atoms with E-state index < -0.39 is 0 Å². The molecular weight excluding hydrogens is 240 g/mol. The minimum absolute atomic E-state index is 0.224. The van der Waals surface area contributed by atoms with Crippen molar-refractivity contribution >= 4 is 0 Å². The number of nitrogens with zero attached hydrogens (tertiary/aromatic N) is 1. The van der Waals surface area contributed by atoms with Crippen LogP contribution in [0.4, 0.5) is 0 Å². The summed E-state index contributed by atoms with van der Waals surface area (Å²) in [6.45, 7) is 4.36. The monoisotopic (exact) mass is 264 g/mol. The molecule has 1 fully saturated rings. The van der Waals surface area contributed by atoms with E-state index in [0.717, 1.165) is 26.2 Å². The molecule has 1 N–H and O–H groups in total. The first-order valence-corrected chi connectivity index (χ1v) is 6.87. The van der Waals surface area contributed by atoms with Gasteiger partial charge >= 0.3 is 0 Å². The fraction of sp³-hybridized carbons (Fsp3) is 0.600. The van der Waals surface area contributed by atoms with E-state index in [1.807, 2.05) is 6.07 Å². The van der Waals surface area contributed by atoms with Crippen molar-refractivity contribution in [2.75, 3.05) is 47.0 Å². The van der Waals surface area contributed by atoms with E-state index in [2.05, 4.69) is 41.5 Å². The van der Waals surface area contributed by atoms with E-state index in [1.54, 1.807) is 7.11 Å². The summed E-state index contributed by atoms with van der Waals surface area (Å²) in [5.41, 5.74) is 1.26. The molecule has 0 radical (unpaired) electrons. The summed E-state index contributed by atoms with van der Waals surface area (Å²) in [4.78, 5) is 2.31. The molecule has 106 valence electrons. The Morgan fingerprint density at radius 1 is 1.42 bits per heavy atom. The van der Waals surface area contributed by atoms with E-state index in [-0.39, 0.29) is 12.1 Å². The standard InChI is InChI=1S/C15H24N2O2/c1-17-8-9-19-14(11-17)10-16-15(12-18-2)13-6-4-3-5-7-13/h3-7,14-16H,8-12H2,1-2H3. The van der Waals surface area contributed by atoms with Gasteiger partial charge in [0.2, 0.25) is 0 Å². The van der Waals surface area contributed by atoms with Gasteiger partial charge in [0.25, 0.3) is 0 Å². The second-order valence-corrected chi connectivity index (χ2v) is 5.08. The third kappa shape index (κ3) is 4.58. The Morgan fingerprint density at radius 3 is 2.89 bits per heavy atom. The van der Waals surface area contributed by atoms with Crippen molar-refractivity contribution in [3.8, 4) is 0 Å². The van der Waals surface area contributed by atoms with Gasteiger partial charge in [0, 0.05) is 26.7 Å². The van der Waals surface area contributed by atoms with Gasteiger partial charge in [-0.15, -0.1) is 0 Å². The summed E-state index contributed by atoms with van der Waals surface area (Å²) in [5, 5.41) is 3.55. The third-order valence-electron chi connectivity index (χ3n) is 3.47. The van der Waals surface area contributed by atoms with E-state index in [4.69, 9.17) is 9.47 Å². The first kappa shape index (κ1) is 14.5. The van der Waals surface area contributed by atoms with Crippen molar-refractivity contribution < 1.29 is 9.47 Å². The zero-order chi connectivity index (χ0) is 13.5. The van der Waals surface area contributed by atoms with Gasteiger partial charge in [-0.05, 0) is 12.6 Å². The molecular formula is C15H24N2O2. The van der Waals surface area contributed by atoms with Crippen LogP contribution in [0.5, 0.6) is 0 Å². The topological polar surface area (TPSA) is 33.7 Å². The molecule has 4 heteroatoms. The summed E-state index contributed by atoms with van der Waals surface area (Å²) in [5.74, 6) is 0. The first-order chi connectivity index (χ1) is 9.29.